The second kappa shape index (κ2) is 7.90. The first-order valence-corrected chi connectivity index (χ1v) is 7.62. The smallest absolute Gasteiger partial charge is 0.272 e. The highest BCUT2D eigenvalue weighted by atomic mass is 35.5. The molecule has 0 fully saturated rings. The quantitative estimate of drug-likeness (QED) is 0.637. The number of ether oxygens (including phenoxy) is 1. The molecule has 2 aromatic carbocycles. The molecule has 0 saturated heterocycles. The van der Waals surface area contributed by atoms with E-state index in [0.717, 1.165) is 5.56 Å². The number of hydrogen-bond donors (Lipinski definition) is 1. The summed E-state index contributed by atoms with van der Waals surface area (Å²) in [6.45, 7) is 1.83. The number of methoxy groups -OCH3 is 1. The Balaban J connectivity index is 2.08. The molecule has 1 unspecified atom stereocenters. The average Bonchev–Trinajstić information content (AvgIpc) is 2.56. The van der Waals surface area contributed by atoms with Crippen LogP contribution in [-0.4, -0.2) is 24.5 Å². The van der Waals surface area contributed by atoms with Gasteiger partial charge in [0.25, 0.3) is 11.6 Å². The molecule has 0 radical (unpaired) electrons. The Kier molecular flexibility index (Phi) is 5.89. The Morgan fingerprint density at radius 3 is 2.62 bits per heavy atom. The van der Waals surface area contributed by atoms with Gasteiger partial charge in [-0.05, 0) is 25.1 Å². The van der Waals surface area contributed by atoms with Crippen LogP contribution in [0.3, 0.4) is 0 Å². The van der Waals surface area contributed by atoms with Gasteiger partial charge >= 0.3 is 0 Å². The Morgan fingerprint density at radius 2 is 2.04 bits per heavy atom. The van der Waals surface area contributed by atoms with Crippen LogP contribution in [0.2, 0.25) is 5.02 Å². The van der Waals surface area contributed by atoms with Crippen molar-refractivity contribution in [2.45, 2.75) is 13.0 Å². The average molecular weight is 349 g/mol. The van der Waals surface area contributed by atoms with Gasteiger partial charge in [0.15, 0.2) is 0 Å². The van der Waals surface area contributed by atoms with Crippen LogP contribution < -0.4 is 5.32 Å². The zero-order chi connectivity index (χ0) is 17.7. The maximum Gasteiger partial charge on any atom is 0.272 e. The maximum absolute atomic E-state index is 12.2. The molecule has 0 aliphatic rings. The maximum atomic E-state index is 12.2. The second-order valence-corrected chi connectivity index (χ2v) is 5.62. The van der Waals surface area contributed by atoms with Crippen molar-refractivity contribution in [2.24, 2.45) is 0 Å². The predicted molar refractivity (Wildman–Crippen MR) is 91.4 cm³/mol. The minimum atomic E-state index is -0.477. The summed E-state index contributed by atoms with van der Waals surface area (Å²) in [5.41, 5.74) is 1.55. The van der Waals surface area contributed by atoms with Crippen LogP contribution in [0.25, 0.3) is 0 Å². The Labute approximate surface area is 144 Å². The van der Waals surface area contributed by atoms with Gasteiger partial charge in [-0.2, -0.15) is 0 Å². The van der Waals surface area contributed by atoms with Gasteiger partial charge in [-0.3, -0.25) is 14.9 Å². The van der Waals surface area contributed by atoms with Crippen molar-refractivity contribution in [3.8, 4) is 0 Å². The molecule has 0 aliphatic heterocycles. The van der Waals surface area contributed by atoms with E-state index < -0.39 is 4.92 Å². The zero-order valence-electron chi connectivity index (χ0n) is 13.3. The molecule has 0 spiro atoms. The number of hydrogen-bond acceptors (Lipinski definition) is 4. The van der Waals surface area contributed by atoms with Gasteiger partial charge in [-0.15, -0.1) is 0 Å². The summed E-state index contributed by atoms with van der Waals surface area (Å²) < 4.78 is 5.39. The van der Waals surface area contributed by atoms with E-state index in [1.165, 1.54) is 25.3 Å². The molecule has 0 saturated carbocycles. The van der Waals surface area contributed by atoms with Crippen molar-refractivity contribution >= 4 is 23.2 Å². The molecular weight excluding hydrogens is 332 g/mol. The molecular formula is C17H17ClN2O4. The predicted octanol–water partition coefficient (Wildman–Crippen LogP) is 3.67. The van der Waals surface area contributed by atoms with Crippen LogP contribution in [-0.2, 0) is 4.74 Å². The van der Waals surface area contributed by atoms with E-state index in [0.29, 0.717) is 16.1 Å². The van der Waals surface area contributed by atoms with E-state index in [4.69, 9.17) is 16.3 Å². The normalized spacial score (nSPS) is 11.8. The van der Waals surface area contributed by atoms with E-state index in [-0.39, 0.29) is 24.2 Å². The number of nitro benzene ring substituents is 1. The lowest BCUT2D eigenvalue weighted by atomic mass is 10.1. The van der Waals surface area contributed by atoms with Gasteiger partial charge < -0.3 is 10.1 Å². The van der Waals surface area contributed by atoms with Crippen molar-refractivity contribution in [3.05, 3.63) is 74.3 Å². The number of nitrogens with zero attached hydrogens (tertiary/aromatic N) is 1. The number of amides is 1. The molecule has 0 heterocycles. The molecule has 7 heteroatoms. The number of halogens is 1. The highest BCUT2D eigenvalue weighted by Crippen LogP contribution is 2.24. The third-order valence-electron chi connectivity index (χ3n) is 3.64. The van der Waals surface area contributed by atoms with Crippen molar-refractivity contribution in [2.75, 3.05) is 13.7 Å². The van der Waals surface area contributed by atoms with Gasteiger partial charge in [-0.1, -0.05) is 29.8 Å². The third-order valence-corrected chi connectivity index (χ3v) is 3.98. The van der Waals surface area contributed by atoms with Crippen LogP contribution >= 0.6 is 11.6 Å². The Morgan fingerprint density at radius 1 is 1.33 bits per heavy atom. The van der Waals surface area contributed by atoms with Crippen molar-refractivity contribution in [1.82, 2.24) is 5.32 Å². The van der Waals surface area contributed by atoms with Crippen molar-refractivity contribution in [1.29, 1.82) is 0 Å². The summed E-state index contributed by atoms with van der Waals surface area (Å²) in [4.78, 5) is 22.6. The van der Waals surface area contributed by atoms with Crippen LogP contribution in [0.5, 0.6) is 0 Å². The van der Waals surface area contributed by atoms with Crippen molar-refractivity contribution in [3.63, 3.8) is 0 Å². The van der Waals surface area contributed by atoms with Crippen molar-refractivity contribution < 1.29 is 14.5 Å². The highest BCUT2D eigenvalue weighted by molar-refractivity contribution is 6.31. The summed E-state index contributed by atoms with van der Waals surface area (Å²) >= 11 is 6.14. The summed E-state index contributed by atoms with van der Waals surface area (Å²) in [6.07, 6.45) is -0.387. The molecule has 1 N–H and O–H groups in total. The Bertz CT molecular complexity index is 764. The first kappa shape index (κ1) is 17.9. The Hall–Kier alpha value is -2.44. The number of aryl methyl sites for hydroxylation is 1. The van der Waals surface area contributed by atoms with Crippen LogP contribution in [0.1, 0.15) is 27.6 Å². The first-order valence-electron chi connectivity index (χ1n) is 7.24. The van der Waals surface area contributed by atoms with Crippen LogP contribution in [0, 0.1) is 17.0 Å². The molecule has 2 aromatic rings. The minimum absolute atomic E-state index is 0.0163. The fourth-order valence-electron chi connectivity index (χ4n) is 2.35. The molecule has 126 valence electrons. The van der Waals surface area contributed by atoms with Gasteiger partial charge in [0.05, 0.1) is 4.92 Å². The lowest BCUT2D eigenvalue weighted by Crippen LogP contribution is -2.29. The van der Waals surface area contributed by atoms with E-state index in [9.17, 15) is 14.9 Å². The van der Waals surface area contributed by atoms with E-state index >= 15 is 0 Å². The lowest BCUT2D eigenvalue weighted by molar-refractivity contribution is -0.385. The summed E-state index contributed by atoms with van der Waals surface area (Å²) in [6, 6.07) is 11.5. The fourth-order valence-corrected chi connectivity index (χ4v) is 2.60. The number of carbonyl (C=O) groups excluding carboxylic acids is 1. The number of carbonyl (C=O) groups is 1. The molecule has 1 atom stereocenters. The molecule has 0 aliphatic carbocycles. The summed E-state index contributed by atoms with van der Waals surface area (Å²) in [7, 11) is 1.54. The van der Waals surface area contributed by atoms with E-state index in [1.807, 2.05) is 18.2 Å². The number of benzene rings is 2. The number of rotatable bonds is 6. The standard InChI is InChI=1S/C17H17ClN2O4/c1-11-9-12(7-8-15(11)20(22)23)17(21)19-10-16(24-2)13-5-3-4-6-14(13)18/h3-9,16H,10H2,1-2H3,(H,19,21). The largest absolute Gasteiger partial charge is 0.375 e. The third kappa shape index (κ3) is 4.10. The number of nitrogens with one attached hydrogen (secondary N) is 1. The number of nitro groups is 1. The molecule has 6 nitrogen and oxygen atoms in total. The zero-order valence-corrected chi connectivity index (χ0v) is 14.0. The van der Waals surface area contributed by atoms with Gasteiger partial charge in [0.1, 0.15) is 6.10 Å². The first-order chi connectivity index (χ1) is 11.4. The highest BCUT2D eigenvalue weighted by Gasteiger charge is 2.17. The fraction of sp³-hybridized carbons (Fsp3) is 0.235. The van der Waals surface area contributed by atoms with Crippen LogP contribution in [0.4, 0.5) is 5.69 Å². The monoisotopic (exact) mass is 348 g/mol. The van der Waals surface area contributed by atoms with Gasteiger partial charge in [0, 0.05) is 41.4 Å². The van der Waals surface area contributed by atoms with Gasteiger partial charge in [-0.25, -0.2) is 0 Å². The molecule has 0 aromatic heterocycles. The van der Waals surface area contributed by atoms with Crippen LogP contribution in [0.15, 0.2) is 42.5 Å². The summed E-state index contributed by atoms with van der Waals surface area (Å²) in [5.74, 6) is -0.331. The lowest BCUT2D eigenvalue weighted by Gasteiger charge is -2.17. The summed E-state index contributed by atoms with van der Waals surface area (Å²) in [5, 5.41) is 14.1. The van der Waals surface area contributed by atoms with Gasteiger partial charge in [0.2, 0.25) is 0 Å². The second-order valence-electron chi connectivity index (χ2n) is 5.21. The SMILES string of the molecule is COC(CNC(=O)c1ccc([N+](=O)[O-])c(C)c1)c1ccccc1Cl. The molecule has 1 amide bonds. The molecule has 24 heavy (non-hydrogen) atoms. The minimum Gasteiger partial charge on any atom is -0.375 e. The molecule has 2 rings (SSSR count). The molecule has 0 bridgehead atoms. The van der Waals surface area contributed by atoms with E-state index in [2.05, 4.69) is 5.32 Å². The van der Waals surface area contributed by atoms with E-state index in [1.54, 1.807) is 13.0 Å². The topological polar surface area (TPSA) is 81.5 Å².